The van der Waals surface area contributed by atoms with E-state index in [-0.39, 0.29) is 5.69 Å². The molecule has 0 aliphatic rings. The van der Waals surface area contributed by atoms with Crippen molar-refractivity contribution in [1.82, 2.24) is 9.78 Å². The Labute approximate surface area is 100.0 Å². The lowest BCUT2D eigenvalue weighted by molar-refractivity contribution is -0.384. The number of nitrogens with zero attached hydrogens (tertiary/aromatic N) is 3. The molecular formula is C10H8BrN3O2. The van der Waals surface area contributed by atoms with Crippen molar-refractivity contribution in [1.29, 1.82) is 0 Å². The Balaban J connectivity index is 2.51. The van der Waals surface area contributed by atoms with Crippen LogP contribution in [0.25, 0.3) is 5.69 Å². The summed E-state index contributed by atoms with van der Waals surface area (Å²) in [5.41, 5.74) is 1.76. The van der Waals surface area contributed by atoms with E-state index >= 15 is 0 Å². The van der Waals surface area contributed by atoms with Crippen LogP contribution < -0.4 is 0 Å². The van der Waals surface area contributed by atoms with E-state index in [1.807, 2.05) is 0 Å². The number of rotatable bonds is 3. The summed E-state index contributed by atoms with van der Waals surface area (Å²) < 4.78 is 1.68. The molecule has 16 heavy (non-hydrogen) atoms. The van der Waals surface area contributed by atoms with Gasteiger partial charge < -0.3 is 0 Å². The van der Waals surface area contributed by atoms with Gasteiger partial charge in [0.2, 0.25) is 0 Å². The minimum Gasteiger partial charge on any atom is -0.258 e. The molecular weight excluding hydrogens is 274 g/mol. The van der Waals surface area contributed by atoms with Gasteiger partial charge >= 0.3 is 0 Å². The second-order valence-corrected chi connectivity index (χ2v) is 3.72. The second kappa shape index (κ2) is 4.44. The molecule has 5 nitrogen and oxygen atoms in total. The van der Waals surface area contributed by atoms with Crippen molar-refractivity contribution in [2.45, 2.75) is 5.33 Å². The van der Waals surface area contributed by atoms with Gasteiger partial charge in [-0.1, -0.05) is 15.9 Å². The monoisotopic (exact) mass is 281 g/mol. The Hall–Kier alpha value is -1.69. The molecule has 0 atom stereocenters. The number of non-ortho nitro benzene ring substituents is 1. The predicted molar refractivity (Wildman–Crippen MR) is 62.8 cm³/mol. The number of nitro groups is 1. The van der Waals surface area contributed by atoms with Gasteiger partial charge in [0.25, 0.3) is 5.69 Å². The van der Waals surface area contributed by atoms with Gasteiger partial charge in [0.15, 0.2) is 0 Å². The smallest absolute Gasteiger partial charge is 0.258 e. The van der Waals surface area contributed by atoms with E-state index in [1.54, 1.807) is 35.3 Å². The summed E-state index contributed by atoms with van der Waals surface area (Å²) >= 11 is 3.31. The predicted octanol–water partition coefficient (Wildman–Crippen LogP) is 2.68. The molecule has 0 unspecified atom stereocenters. The van der Waals surface area contributed by atoms with E-state index in [2.05, 4.69) is 21.0 Å². The van der Waals surface area contributed by atoms with Gasteiger partial charge in [-0.15, -0.1) is 0 Å². The first-order valence-electron chi connectivity index (χ1n) is 4.55. The molecule has 0 aliphatic carbocycles. The summed E-state index contributed by atoms with van der Waals surface area (Å²) in [6.07, 6.45) is 3.47. The van der Waals surface area contributed by atoms with Gasteiger partial charge in [-0.2, -0.15) is 5.10 Å². The minimum atomic E-state index is -0.404. The first kappa shape index (κ1) is 10.8. The van der Waals surface area contributed by atoms with Crippen molar-refractivity contribution in [3.05, 3.63) is 52.3 Å². The summed E-state index contributed by atoms with van der Waals surface area (Å²) in [5.74, 6) is 0. The highest BCUT2D eigenvalue weighted by molar-refractivity contribution is 9.08. The van der Waals surface area contributed by atoms with Crippen LogP contribution >= 0.6 is 15.9 Å². The normalized spacial score (nSPS) is 10.3. The van der Waals surface area contributed by atoms with Crippen LogP contribution in [-0.4, -0.2) is 14.7 Å². The minimum absolute atomic E-state index is 0.0883. The standard InChI is InChI=1S/C10H8BrN3O2/c11-7-8-6-9(14(15)16)2-3-10(8)13-5-1-4-12-13/h1-6H,7H2. The fraction of sp³-hybridized carbons (Fsp3) is 0.100. The Bertz CT molecular complexity index is 511. The number of nitro benzene ring substituents is 1. The quantitative estimate of drug-likeness (QED) is 0.494. The highest BCUT2D eigenvalue weighted by Gasteiger charge is 2.11. The summed E-state index contributed by atoms with van der Waals surface area (Å²) in [4.78, 5) is 10.2. The lowest BCUT2D eigenvalue weighted by Crippen LogP contribution is -2.00. The highest BCUT2D eigenvalue weighted by Crippen LogP contribution is 2.22. The van der Waals surface area contributed by atoms with Gasteiger partial charge in [-0.25, -0.2) is 4.68 Å². The second-order valence-electron chi connectivity index (χ2n) is 3.15. The third-order valence-electron chi connectivity index (χ3n) is 2.17. The molecule has 0 fully saturated rings. The third-order valence-corrected chi connectivity index (χ3v) is 2.77. The fourth-order valence-electron chi connectivity index (χ4n) is 1.43. The maximum atomic E-state index is 10.6. The van der Waals surface area contributed by atoms with Crippen molar-refractivity contribution in [3.63, 3.8) is 0 Å². The lowest BCUT2D eigenvalue weighted by atomic mass is 10.2. The molecule has 0 N–H and O–H groups in total. The number of alkyl halides is 1. The van der Waals surface area contributed by atoms with Crippen LogP contribution in [0.5, 0.6) is 0 Å². The summed E-state index contributed by atoms with van der Waals surface area (Å²) in [7, 11) is 0. The Kier molecular flexibility index (Phi) is 3.00. The molecule has 0 saturated carbocycles. The van der Waals surface area contributed by atoms with Crippen molar-refractivity contribution in [2.75, 3.05) is 0 Å². The average Bonchev–Trinajstić information content (AvgIpc) is 2.81. The van der Waals surface area contributed by atoms with E-state index in [1.165, 1.54) is 6.07 Å². The highest BCUT2D eigenvalue weighted by atomic mass is 79.9. The molecule has 82 valence electrons. The number of hydrogen-bond acceptors (Lipinski definition) is 3. The topological polar surface area (TPSA) is 61.0 Å². The SMILES string of the molecule is O=[N+]([O-])c1ccc(-n2cccn2)c(CBr)c1. The Morgan fingerprint density at radius 2 is 2.31 bits per heavy atom. The average molecular weight is 282 g/mol. The molecule has 0 aliphatic heterocycles. The largest absolute Gasteiger partial charge is 0.269 e. The maximum absolute atomic E-state index is 10.6. The van der Waals surface area contributed by atoms with Crippen LogP contribution in [0.3, 0.4) is 0 Å². The molecule has 6 heteroatoms. The number of hydrogen-bond donors (Lipinski definition) is 0. The van der Waals surface area contributed by atoms with Crippen LogP contribution in [0.1, 0.15) is 5.56 Å². The van der Waals surface area contributed by atoms with E-state index in [9.17, 15) is 10.1 Å². The molecule has 1 aromatic carbocycles. The van der Waals surface area contributed by atoms with Gasteiger partial charge in [-0.3, -0.25) is 10.1 Å². The first-order chi connectivity index (χ1) is 7.72. The fourth-order valence-corrected chi connectivity index (χ4v) is 1.88. The third kappa shape index (κ3) is 1.96. The Morgan fingerprint density at radius 1 is 1.50 bits per heavy atom. The zero-order chi connectivity index (χ0) is 11.5. The number of aromatic nitrogens is 2. The van der Waals surface area contributed by atoms with Crippen molar-refractivity contribution in [2.24, 2.45) is 0 Å². The van der Waals surface area contributed by atoms with E-state index in [0.717, 1.165) is 11.3 Å². The van der Waals surface area contributed by atoms with Crippen molar-refractivity contribution in [3.8, 4) is 5.69 Å². The lowest BCUT2D eigenvalue weighted by Gasteiger charge is -2.06. The van der Waals surface area contributed by atoms with E-state index in [0.29, 0.717) is 5.33 Å². The van der Waals surface area contributed by atoms with Gasteiger partial charge in [-0.05, 0) is 17.7 Å². The first-order valence-corrected chi connectivity index (χ1v) is 5.68. The summed E-state index contributed by atoms with van der Waals surface area (Å²) in [6, 6.07) is 6.52. The number of halogens is 1. The zero-order valence-corrected chi connectivity index (χ0v) is 9.79. The van der Waals surface area contributed by atoms with Gasteiger partial charge in [0.1, 0.15) is 0 Å². The molecule has 0 radical (unpaired) electrons. The summed E-state index contributed by atoms with van der Waals surface area (Å²) in [5, 5.41) is 15.3. The molecule has 2 rings (SSSR count). The number of benzene rings is 1. The zero-order valence-electron chi connectivity index (χ0n) is 8.21. The van der Waals surface area contributed by atoms with Crippen LogP contribution in [-0.2, 0) is 5.33 Å². The van der Waals surface area contributed by atoms with E-state index in [4.69, 9.17) is 0 Å². The van der Waals surface area contributed by atoms with E-state index < -0.39 is 4.92 Å². The van der Waals surface area contributed by atoms with Crippen molar-refractivity contribution < 1.29 is 4.92 Å². The van der Waals surface area contributed by atoms with Gasteiger partial charge in [0, 0.05) is 29.9 Å². The molecule has 1 aromatic heterocycles. The summed E-state index contributed by atoms with van der Waals surface area (Å²) in [6.45, 7) is 0. The molecule has 0 bridgehead atoms. The maximum Gasteiger partial charge on any atom is 0.269 e. The molecule has 1 heterocycles. The van der Waals surface area contributed by atoms with Crippen LogP contribution in [0.15, 0.2) is 36.7 Å². The van der Waals surface area contributed by atoms with Crippen LogP contribution in [0.2, 0.25) is 0 Å². The molecule has 2 aromatic rings. The Morgan fingerprint density at radius 3 is 2.88 bits per heavy atom. The van der Waals surface area contributed by atoms with Crippen LogP contribution in [0, 0.1) is 10.1 Å². The van der Waals surface area contributed by atoms with Crippen molar-refractivity contribution >= 4 is 21.6 Å². The van der Waals surface area contributed by atoms with Gasteiger partial charge in [0.05, 0.1) is 10.6 Å². The molecule has 0 saturated heterocycles. The molecule has 0 spiro atoms. The molecule has 0 amide bonds. The van der Waals surface area contributed by atoms with Crippen LogP contribution in [0.4, 0.5) is 5.69 Å².